The van der Waals surface area contributed by atoms with Gasteiger partial charge in [-0.05, 0) is 24.3 Å². The van der Waals surface area contributed by atoms with E-state index in [4.69, 9.17) is 33.6 Å². The van der Waals surface area contributed by atoms with E-state index in [1.54, 1.807) is 6.07 Å². The third-order valence-corrected chi connectivity index (χ3v) is 3.45. The van der Waals surface area contributed by atoms with E-state index < -0.39 is 23.4 Å². The van der Waals surface area contributed by atoms with Crippen LogP contribution in [0, 0.1) is 11.3 Å². The van der Waals surface area contributed by atoms with Gasteiger partial charge in [0.2, 0.25) is 0 Å². The number of aromatic nitrogens is 1. The monoisotopic (exact) mass is 390 g/mol. The molecule has 9 heteroatoms. The Kier molecular flexibility index (Phi) is 6.79. The van der Waals surface area contributed by atoms with Crippen molar-refractivity contribution < 1.29 is 23.1 Å². The van der Waals surface area contributed by atoms with Gasteiger partial charge in [-0.25, -0.2) is 9.78 Å². The number of carboxylic acids is 1. The number of hydrogen-bond acceptors (Lipinski definition) is 3. The minimum absolute atomic E-state index is 0.0675. The number of pyridine rings is 1. The molecular weight excluding hydrogens is 380 g/mol. The molecule has 0 aliphatic rings. The van der Waals surface area contributed by atoms with E-state index in [0.29, 0.717) is 12.1 Å². The van der Waals surface area contributed by atoms with Crippen LogP contribution in [0.5, 0.6) is 0 Å². The van der Waals surface area contributed by atoms with Gasteiger partial charge in [0, 0.05) is 5.56 Å². The molecule has 1 aromatic heterocycles. The third-order valence-electron chi connectivity index (χ3n) is 2.84. The zero-order chi connectivity index (χ0) is 19.4. The standard InChI is InChI=1S/C14H5Cl2F3N2O2.C2H6/c15-8-1-2-10(21-12(8)13(22)23)11-6(5-20)3-7(4-9(11)16)14(17,18)19;1-2/h1-4H,(H,22,23);1-2H3. The number of carboxylic acid groups (broad SMARTS) is 1. The van der Waals surface area contributed by atoms with Crippen molar-refractivity contribution in [2.24, 2.45) is 0 Å². The third kappa shape index (κ3) is 4.62. The summed E-state index contributed by atoms with van der Waals surface area (Å²) in [5.74, 6) is -1.42. The molecular formula is C16H11Cl2F3N2O2. The number of rotatable bonds is 2. The zero-order valence-corrected chi connectivity index (χ0v) is 14.5. The van der Waals surface area contributed by atoms with Gasteiger partial charge in [-0.3, -0.25) is 0 Å². The lowest BCUT2D eigenvalue weighted by Gasteiger charge is -2.12. The first-order valence-electron chi connectivity index (χ1n) is 6.86. The summed E-state index contributed by atoms with van der Waals surface area (Å²) in [6.07, 6.45) is -4.67. The predicted octanol–water partition coefficient (Wildman–Crippen LogP) is 5.67. The number of alkyl halides is 3. The summed E-state index contributed by atoms with van der Waals surface area (Å²) in [5.41, 5.74) is -2.13. The lowest BCUT2D eigenvalue weighted by Crippen LogP contribution is -2.07. The highest BCUT2D eigenvalue weighted by Crippen LogP contribution is 2.38. The van der Waals surface area contributed by atoms with Gasteiger partial charge in [0.1, 0.15) is 0 Å². The fourth-order valence-corrected chi connectivity index (χ4v) is 2.35. The van der Waals surface area contributed by atoms with Crippen LogP contribution in [0.1, 0.15) is 35.5 Å². The molecule has 2 aromatic rings. The van der Waals surface area contributed by atoms with Crippen LogP contribution in [-0.2, 0) is 6.18 Å². The van der Waals surface area contributed by atoms with Gasteiger partial charge in [0.15, 0.2) is 5.69 Å². The normalized spacial score (nSPS) is 10.5. The molecule has 1 heterocycles. The maximum absolute atomic E-state index is 12.8. The topological polar surface area (TPSA) is 74.0 Å². The Labute approximate surface area is 151 Å². The molecule has 0 bridgehead atoms. The average molecular weight is 391 g/mol. The molecule has 0 saturated heterocycles. The van der Waals surface area contributed by atoms with E-state index >= 15 is 0 Å². The van der Waals surface area contributed by atoms with E-state index in [1.807, 2.05) is 13.8 Å². The molecule has 0 amide bonds. The Morgan fingerprint density at radius 1 is 1.20 bits per heavy atom. The summed E-state index contributed by atoms with van der Waals surface area (Å²) in [4.78, 5) is 14.8. The number of hydrogen-bond donors (Lipinski definition) is 1. The molecule has 1 N–H and O–H groups in total. The highest BCUT2D eigenvalue weighted by molar-refractivity contribution is 6.34. The molecule has 132 valence electrons. The van der Waals surface area contributed by atoms with E-state index in [1.165, 1.54) is 12.1 Å². The Bertz CT molecular complexity index is 846. The van der Waals surface area contributed by atoms with Crippen molar-refractivity contribution in [3.8, 4) is 17.3 Å². The summed E-state index contributed by atoms with van der Waals surface area (Å²) < 4.78 is 38.3. The highest BCUT2D eigenvalue weighted by Gasteiger charge is 2.32. The number of nitriles is 1. The Balaban J connectivity index is 0.00000151. The van der Waals surface area contributed by atoms with Gasteiger partial charge in [-0.15, -0.1) is 0 Å². The van der Waals surface area contributed by atoms with Gasteiger partial charge in [0.25, 0.3) is 0 Å². The molecule has 0 atom stereocenters. The first kappa shape index (κ1) is 20.7. The van der Waals surface area contributed by atoms with Gasteiger partial charge in [-0.2, -0.15) is 18.4 Å². The van der Waals surface area contributed by atoms with Crippen LogP contribution >= 0.6 is 23.2 Å². The van der Waals surface area contributed by atoms with E-state index in [9.17, 15) is 18.0 Å². The average Bonchev–Trinajstić information content (AvgIpc) is 2.55. The van der Waals surface area contributed by atoms with Crippen LogP contribution in [0.25, 0.3) is 11.3 Å². The number of nitrogens with zero attached hydrogens (tertiary/aromatic N) is 2. The Hall–Kier alpha value is -2.30. The van der Waals surface area contributed by atoms with E-state index in [-0.39, 0.29) is 26.9 Å². The lowest BCUT2D eigenvalue weighted by molar-refractivity contribution is -0.137. The second-order valence-corrected chi connectivity index (χ2v) is 5.14. The van der Waals surface area contributed by atoms with E-state index in [0.717, 1.165) is 0 Å². The zero-order valence-electron chi connectivity index (χ0n) is 12.9. The second-order valence-electron chi connectivity index (χ2n) is 4.32. The SMILES string of the molecule is CC.N#Cc1cc(C(F)(F)F)cc(Cl)c1-c1ccc(Cl)c(C(=O)O)n1. The molecule has 0 fully saturated rings. The summed E-state index contributed by atoms with van der Waals surface area (Å²) in [6.45, 7) is 4.00. The van der Waals surface area contributed by atoms with Gasteiger partial charge < -0.3 is 5.11 Å². The van der Waals surface area contributed by atoms with Gasteiger partial charge >= 0.3 is 12.1 Å². The van der Waals surface area contributed by atoms with Crippen LogP contribution in [0.4, 0.5) is 13.2 Å². The molecule has 0 aliphatic carbocycles. The summed E-state index contributed by atoms with van der Waals surface area (Å²) in [5, 5.41) is 17.5. The molecule has 25 heavy (non-hydrogen) atoms. The minimum atomic E-state index is -4.67. The van der Waals surface area contributed by atoms with Gasteiger partial charge in [0.05, 0.1) is 32.9 Å². The van der Waals surface area contributed by atoms with E-state index in [2.05, 4.69) is 4.98 Å². The number of aromatic carboxylic acids is 1. The Morgan fingerprint density at radius 2 is 1.80 bits per heavy atom. The summed E-state index contributed by atoms with van der Waals surface area (Å²) in [7, 11) is 0. The molecule has 1 aromatic carbocycles. The predicted molar refractivity (Wildman–Crippen MR) is 87.7 cm³/mol. The largest absolute Gasteiger partial charge is 0.476 e. The van der Waals surface area contributed by atoms with Gasteiger partial charge in [-0.1, -0.05) is 37.0 Å². The molecule has 0 spiro atoms. The first-order chi connectivity index (χ1) is 11.6. The quantitative estimate of drug-likeness (QED) is 0.716. The minimum Gasteiger partial charge on any atom is -0.476 e. The fraction of sp³-hybridized carbons (Fsp3) is 0.188. The van der Waals surface area contributed by atoms with Crippen molar-refractivity contribution in [1.82, 2.24) is 4.98 Å². The van der Waals surface area contributed by atoms with Crippen LogP contribution in [-0.4, -0.2) is 16.1 Å². The molecule has 0 aliphatic heterocycles. The van der Waals surface area contributed by atoms with Crippen LogP contribution in [0.2, 0.25) is 10.0 Å². The smallest absolute Gasteiger partial charge is 0.416 e. The van der Waals surface area contributed by atoms with Crippen LogP contribution in [0.15, 0.2) is 24.3 Å². The molecule has 0 unspecified atom stereocenters. The Morgan fingerprint density at radius 3 is 2.28 bits per heavy atom. The van der Waals surface area contributed by atoms with Crippen LogP contribution < -0.4 is 0 Å². The van der Waals surface area contributed by atoms with Crippen LogP contribution in [0.3, 0.4) is 0 Å². The van der Waals surface area contributed by atoms with Crippen molar-refractivity contribution in [3.63, 3.8) is 0 Å². The number of carbonyl (C=O) groups is 1. The summed E-state index contributed by atoms with van der Waals surface area (Å²) in [6, 6.07) is 5.35. The maximum atomic E-state index is 12.8. The molecule has 0 saturated carbocycles. The first-order valence-corrected chi connectivity index (χ1v) is 7.61. The van der Waals surface area contributed by atoms with Crippen molar-refractivity contribution in [2.45, 2.75) is 20.0 Å². The fourth-order valence-electron chi connectivity index (χ4n) is 1.85. The highest BCUT2D eigenvalue weighted by atomic mass is 35.5. The number of benzene rings is 1. The molecule has 4 nitrogen and oxygen atoms in total. The molecule has 2 rings (SSSR count). The summed E-state index contributed by atoms with van der Waals surface area (Å²) >= 11 is 11.5. The van der Waals surface area contributed by atoms with Crippen molar-refractivity contribution in [1.29, 1.82) is 5.26 Å². The van der Waals surface area contributed by atoms with Crippen molar-refractivity contribution in [3.05, 3.63) is 51.1 Å². The second kappa shape index (κ2) is 8.19. The van der Waals surface area contributed by atoms with Crippen molar-refractivity contribution >= 4 is 29.2 Å². The number of halogens is 5. The van der Waals surface area contributed by atoms with Crippen molar-refractivity contribution in [2.75, 3.05) is 0 Å². The lowest BCUT2D eigenvalue weighted by atomic mass is 10.0. The molecule has 0 radical (unpaired) electrons. The maximum Gasteiger partial charge on any atom is 0.416 e.